The van der Waals surface area contributed by atoms with Gasteiger partial charge in [0, 0.05) is 10.8 Å². The van der Waals surface area contributed by atoms with Crippen LogP contribution < -0.4 is 0 Å². The van der Waals surface area contributed by atoms with Gasteiger partial charge in [0.1, 0.15) is 0 Å². The lowest BCUT2D eigenvalue weighted by Gasteiger charge is -2.10. The molecule has 0 unspecified atom stereocenters. The lowest BCUT2D eigenvalue weighted by atomic mass is 9.97. The Balaban J connectivity index is 2.07. The topological polar surface area (TPSA) is 12.9 Å². The van der Waals surface area contributed by atoms with Crippen molar-refractivity contribution in [2.75, 3.05) is 0 Å². The lowest BCUT2D eigenvalue weighted by Crippen LogP contribution is -1.88. The second-order valence-corrected chi connectivity index (χ2v) is 5.73. The van der Waals surface area contributed by atoms with Gasteiger partial charge in [-0.2, -0.15) is 0 Å². The van der Waals surface area contributed by atoms with E-state index in [0.717, 1.165) is 11.0 Å². The summed E-state index contributed by atoms with van der Waals surface area (Å²) in [5.74, 6) is 0. The zero-order chi connectivity index (χ0) is 14.5. The first-order valence-electron chi connectivity index (χ1n) is 7.49. The molecule has 102 valence electrons. The molecule has 0 amide bonds. The van der Waals surface area contributed by atoms with Crippen LogP contribution in [0.25, 0.3) is 43.7 Å². The van der Waals surface area contributed by atoms with E-state index in [2.05, 4.69) is 78.9 Å². The van der Waals surface area contributed by atoms with Crippen molar-refractivity contribution < 1.29 is 0 Å². The Bertz CT molecular complexity index is 1090. The molecule has 6 bridgehead atoms. The molecule has 5 aromatic carbocycles. The molecule has 0 aliphatic rings. The van der Waals surface area contributed by atoms with Crippen molar-refractivity contribution in [2.24, 2.45) is 0 Å². The van der Waals surface area contributed by atoms with Gasteiger partial charge in [-0.15, -0.1) is 0 Å². The molecule has 0 fully saturated rings. The van der Waals surface area contributed by atoms with Crippen LogP contribution in [0.15, 0.2) is 78.9 Å². The molecule has 0 radical (unpaired) electrons. The van der Waals surface area contributed by atoms with E-state index in [4.69, 9.17) is 4.98 Å². The Hall–Kier alpha value is -2.93. The lowest BCUT2D eigenvalue weighted by molar-refractivity contribution is 1.50. The predicted octanol–water partition coefficient (Wildman–Crippen LogP) is 5.65. The number of rotatable bonds is 1. The van der Waals surface area contributed by atoms with E-state index < -0.39 is 0 Å². The summed E-state index contributed by atoms with van der Waals surface area (Å²) in [6.07, 6.45) is 0. The highest BCUT2D eigenvalue weighted by Gasteiger charge is 2.08. The van der Waals surface area contributed by atoms with Crippen molar-refractivity contribution in [2.45, 2.75) is 0 Å². The molecule has 3 heterocycles. The second kappa shape index (κ2) is 4.28. The molecule has 1 nitrogen and oxygen atoms in total. The molecule has 0 aliphatic heterocycles. The van der Waals surface area contributed by atoms with Gasteiger partial charge in [-0.05, 0) is 40.1 Å². The smallest absolute Gasteiger partial charge is 0.0716 e. The fourth-order valence-corrected chi connectivity index (χ4v) is 3.24. The van der Waals surface area contributed by atoms with Gasteiger partial charge in [0.2, 0.25) is 0 Å². The van der Waals surface area contributed by atoms with E-state index >= 15 is 0 Å². The van der Waals surface area contributed by atoms with Gasteiger partial charge in [0.05, 0.1) is 11.0 Å². The number of pyridine rings is 1. The van der Waals surface area contributed by atoms with Gasteiger partial charge >= 0.3 is 0 Å². The van der Waals surface area contributed by atoms with E-state index in [1.165, 1.54) is 32.7 Å². The van der Waals surface area contributed by atoms with E-state index in [1.54, 1.807) is 0 Å². The van der Waals surface area contributed by atoms with E-state index in [-0.39, 0.29) is 0 Å². The molecule has 1 heteroatoms. The summed E-state index contributed by atoms with van der Waals surface area (Å²) in [7, 11) is 0. The fourth-order valence-electron chi connectivity index (χ4n) is 3.24. The Morgan fingerprint density at radius 3 is 2.09 bits per heavy atom. The average Bonchev–Trinajstić information content (AvgIpc) is 2.62. The van der Waals surface area contributed by atoms with Crippen molar-refractivity contribution in [1.82, 2.24) is 4.98 Å². The van der Waals surface area contributed by atoms with Crippen LogP contribution in [0.2, 0.25) is 0 Å². The van der Waals surface area contributed by atoms with E-state index in [1.807, 2.05) is 0 Å². The number of benzene rings is 3. The van der Waals surface area contributed by atoms with Crippen molar-refractivity contribution in [3.05, 3.63) is 78.9 Å². The quantitative estimate of drug-likeness (QED) is 0.386. The van der Waals surface area contributed by atoms with Crippen LogP contribution in [0, 0.1) is 0 Å². The zero-order valence-electron chi connectivity index (χ0n) is 12.0. The Morgan fingerprint density at radius 1 is 0.545 bits per heavy atom. The van der Waals surface area contributed by atoms with Crippen LogP contribution in [0.4, 0.5) is 0 Å². The van der Waals surface area contributed by atoms with Gasteiger partial charge < -0.3 is 0 Å². The highest BCUT2D eigenvalue weighted by Crippen LogP contribution is 2.32. The van der Waals surface area contributed by atoms with Gasteiger partial charge in [0.25, 0.3) is 0 Å². The third-order valence-electron chi connectivity index (χ3n) is 4.41. The third-order valence-corrected chi connectivity index (χ3v) is 4.41. The maximum absolute atomic E-state index is 4.85. The normalized spacial score (nSPS) is 11.6. The summed E-state index contributed by atoms with van der Waals surface area (Å²) in [5.41, 5.74) is 4.59. The van der Waals surface area contributed by atoms with Crippen LogP contribution in [0.5, 0.6) is 0 Å². The van der Waals surface area contributed by atoms with Crippen molar-refractivity contribution >= 4 is 32.6 Å². The van der Waals surface area contributed by atoms with Gasteiger partial charge in [-0.1, -0.05) is 60.7 Å². The van der Waals surface area contributed by atoms with Crippen LogP contribution in [0.3, 0.4) is 0 Å². The van der Waals surface area contributed by atoms with Crippen LogP contribution >= 0.6 is 0 Å². The maximum atomic E-state index is 4.85. The Labute approximate surface area is 128 Å². The van der Waals surface area contributed by atoms with Gasteiger partial charge in [-0.3, -0.25) is 0 Å². The van der Waals surface area contributed by atoms with Crippen molar-refractivity contribution in [3.63, 3.8) is 0 Å². The van der Waals surface area contributed by atoms with E-state index in [0.29, 0.717) is 0 Å². The van der Waals surface area contributed by atoms with Gasteiger partial charge in [0.15, 0.2) is 0 Å². The summed E-state index contributed by atoms with van der Waals surface area (Å²) in [6.45, 7) is 0. The predicted molar refractivity (Wildman–Crippen MR) is 93.4 cm³/mol. The minimum Gasteiger partial charge on any atom is -0.248 e. The standard InChI is InChI=1S/C21H13N/c1-2-4-15(5-3-1)18-13-21-16-8-6-14(7-9-16)17-10-11-20(22-21)19(18)12-17/h1-13H. The first-order chi connectivity index (χ1) is 10.9. The number of hydrogen-bond donors (Lipinski definition) is 0. The molecule has 8 aromatic rings. The number of nitrogens with zero attached hydrogens (tertiary/aromatic N) is 1. The summed E-state index contributed by atoms with van der Waals surface area (Å²) in [4.78, 5) is 4.85. The fraction of sp³-hybridized carbons (Fsp3) is 0. The first kappa shape index (κ1) is 11.7. The molecule has 0 saturated carbocycles. The van der Waals surface area contributed by atoms with Crippen LogP contribution in [0.1, 0.15) is 0 Å². The minimum absolute atomic E-state index is 1.03. The molecule has 0 saturated heterocycles. The number of hydrogen-bond acceptors (Lipinski definition) is 1. The van der Waals surface area contributed by atoms with Crippen molar-refractivity contribution in [1.29, 1.82) is 0 Å². The molecule has 3 aromatic heterocycles. The molecule has 22 heavy (non-hydrogen) atoms. The summed E-state index contributed by atoms with van der Waals surface area (Å²) < 4.78 is 0. The Morgan fingerprint density at radius 2 is 1.27 bits per heavy atom. The number of aromatic nitrogens is 1. The zero-order valence-corrected chi connectivity index (χ0v) is 12.0. The SMILES string of the molecule is c1ccc(-c2cc3nc4ccc(cc24)c2ccc3cc2)cc1. The Kier molecular flexibility index (Phi) is 2.28. The highest BCUT2D eigenvalue weighted by atomic mass is 14.7. The van der Waals surface area contributed by atoms with E-state index in [9.17, 15) is 0 Å². The highest BCUT2D eigenvalue weighted by molar-refractivity contribution is 6.04. The average molecular weight is 279 g/mol. The largest absolute Gasteiger partial charge is 0.248 e. The molecule has 0 N–H and O–H groups in total. The minimum atomic E-state index is 1.03. The van der Waals surface area contributed by atoms with Crippen LogP contribution in [-0.2, 0) is 0 Å². The molecule has 0 aliphatic carbocycles. The molecular weight excluding hydrogens is 266 g/mol. The van der Waals surface area contributed by atoms with Crippen molar-refractivity contribution in [3.8, 4) is 11.1 Å². The van der Waals surface area contributed by atoms with Crippen LogP contribution in [-0.4, -0.2) is 4.98 Å². The summed E-state index contributed by atoms with van der Waals surface area (Å²) in [5, 5.41) is 4.89. The molecule has 0 atom stereocenters. The first-order valence-corrected chi connectivity index (χ1v) is 7.49. The molecule has 0 spiro atoms. The third kappa shape index (κ3) is 1.63. The monoisotopic (exact) mass is 279 g/mol. The summed E-state index contributed by atoms with van der Waals surface area (Å²) in [6, 6.07) is 28.0. The molecule has 8 rings (SSSR count). The van der Waals surface area contributed by atoms with Gasteiger partial charge in [-0.25, -0.2) is 4.98 Å². The second-order valence-electron chi connectivity index (χ2n) is 5.73. The molecular formula is C21H13N. The maximum Gasteiger partial charge on any atom is 0.0716 e. The summed E-state index contributed by atoms with van der Waals surface area (Å²) >= 11 is 0.